The van der Waals surface area contributed by atoms with Crippen LogP contribution in [0.1, 0.15) is 41.5 Å². The fraction of sp³-hybridized carbons (Fsp3) is 0.273. The number of rotatable bonds is 1. The summed E-state index contributed by atoms with van der Waals surface area (Å²) in [6, 6.07) is 23.4. The molecule has 3 aromatic rings. The van der Waals surface area contributed by atoms with E-state index in [0.29, 0.717) is 0 Å². The van der Waals surface area contributed by atoms with Gasteiger partial charge in [-0.2, -0.15) is 0 Å². The van der Waals surface area contributed by atoms with Crippen molar-refractivity contribution in [2.45, 2.75) is 41.5 Å². The zero-order valence-electron chi connectivity index (χ0n) is 16.6. The van der Waals surface area contributed by atoms with E-state index in [4.69, 9.17) is 0 Å². The van der Waals surface area contributed by atoms with Gasteiger partial charge in [-0.25, -0.2) is 0 Å². The van der Waals surface area contributed by atoms with Crippen LogP contribution in [0.2, 0.25) is 0 Å². The first kappa shape index (κ1) is 32.3. The zero-order chi connectivity index (χ0) is 16.8. The van der Waals surface area contributed by atoms with E-state index < -0.39 is 0 Å². The number of benzene rings is 2. The van der Waals surface area contributed by atoms with Crippen LogP contribution in [-0.2, 0) is 52.8 Å². The van der Waals surface area contributed by atoms with Gasteiger partial charge in [0, 0.05) is 52.8 Å². The Morgan fingerprint density at radius 1 is 0.720 bits per heavy atom. The van der Waals surface area contributed by atoms with Crippen molar-refractivity contribution in [1.29, 1.82) is 0 Å². The predicted molar refractivity (Wildman–Crippen MR) is 106 cm³/mol. The van der Waals surface area contributed by atoms with Crippen LogP contribution in [0.5, 0.6) is 0 Å². The van der Waals surface area contributed by atoms with E-state index in [2.05, 4.69) is 23.2 Å². The molecule has 0 spiro atoms. The van der Waals surface area contributed by atoms with Crippen molar-refractivity contribution in [2.75, 3.05) is 0 Å². The summed E-state index contributed by atoms with van der Waals surface area (Å²) in [6.07, 6.45) is 0. The molecule has 0 atom stereocenters. The van der Waals surface area contributed by atoms with Crippen molar-refractivity contribution in [3.05, 3.63) is 74.2 Å². The minimum Gasteiger partial charge on any atom is -0.358 e. The molecule has 0 unspecified atom stereocenters. The summed E-state index contributed by atoms with van der Waals surface area (Å²) in [4.78, 5) is 4.61. The minimum atomic E-state index is 0. The molecule has 1 heterocycles. The van der Waals surface area contributed by atoms with Crippen LogP contribution in [-0.4, -0.2) is 4.98 Å². The molecule has 2 radical (unpaired) electrons. The first-order chi connectivity index (χ1) is 10.9. The van der Waals surface area contributed by atoms with Gasteiger partial charge in [0.05, 0.1) is 5.52 Å². The number of aromatic nitrogens is 1. The number of para-hydroxylation sites is 1. The summed E-state index contributed by atoms with van der Waals surface area (Å²) in [5, 5.41) is 1.17. The van der Waals surface area contributed by atoms with Crippen LogP contribution in [0.15, 0.2) is 60.7 Å². The van der Waals surface area contributed by atoms with Crippen molar-refractivity contribution in [3.8, 4) is 11.3 Å². The molecule has 0 aliphatic heterocycles. The Morgan fingerprint density at radius 3 is 1.84 bits per heavy atom. The van der Waals surface area contributed by atoms with Crippen LogP contribution in [0.3, 0.4) is 0 Å². The Kier molecular flexibility index (Phi) is 28.0. The van der Waals surface area contributed by atoms with Crippen LogP contribution in [0.4, 0.5) is 0 Å². The molecule has 3 rings (SSSR count). The number of hydrogen-bond acceptors (Lipinski definition) is 1. The molecule has 138 valence electrons. The number of nitrogens with zero attached hydrogens (tertiary/aromatic N) is 1. The van der Waals surface area contributed by atoms with Gasteiger partial charge in [-0.15, -0.1) is 35.9 Å². The van der Waals surface area contributed by atoms with Gasteiger partial charge in [0.2, 0.25) is 0 Å². The third kappa shape index (κ3) is 11.0. The molecule has 2 aromatic carbocycles. The largest absolute Gasteiger partial charge is 0.358 e. The second kappa shape index (κ2) is 21.6. The SMILES string of the molecule is CC.CC.CC.[CH3-].[Ir].[Y].[c-]1ccccc1-c1ccc2ccccc2n1. The normalized spacial score (nSPS) is 7.44. The molecule has 0 saturated heterocycles. The second-order valence-electron chi connectivity index (χ2n) is 3.67. The Balaban J connectivity index is -0.000000224. The fourth-order valence-electron chi connectivity index (χ4n) is 1.77. The molecule has 25 heavy (non-hydrogen) atoms. The average molecular weight is 591 g/mol. The second-order valence-corrected chi connectivity index (χ2v) is 3.67. The molecule has 0 fully saturated rings. The Morgan fingerprint density at radius 2 is 1.28 bits per heavy atom. The van der Waals surface area contributed by atoms with Crippen LogP contribution in [0, 0.1) is 13.5 Å². The molecule has 0 aliphatic carbocycles. The van der Waals surface area contributed by atoms with Crippen molar-refractivity contribution < 1.29 is 52.8 Å². The smallest absolute Gasteiger partial charge is 0.0595 e. The maximum atomic E-state index is 4.61. The van der Waals surface area contributed by atoms with Gasteiger partial charge < -0.3 is 7.43 Å². The third-order valence-corrected chi connectivity index (χ3v) is 2.58. The van der Waals surface area contributed by atoms with E-state index in [1.54, 1.807) is 0 Å². The molecule has 0 saturated carbocycles. The van der Waals surface area contributed by atoms with E-state index >= 15 is 0 Å². The quantitative estimate of drug-likeness (QED) is 0.273. The first-order valence-corrected chi connectivity index (χ1v) is 8.26. The van der Waals surface area contributed by atoms with Gasteiger partial charge in [0.25, 0.3) is 0 Å². The standard InChI is InChI=1S/C15H10N.3C2H6.CH3.Ir.Y/c1-2-6-12(7-3-1)15-11-10-13-8-4-5-9-14(13)16-15;3*1-2;;;/h1-6,8-11H;3*1-2H3;1H3;;/q-1;;;;-1;;. The predicted octanol–water partition coefficient (Wildman–Crippen LogP) is 7.23. The number of fused-ring (bicyclic) bond motifs is 1. The molecule has 0 aliphatic rings. The van der Waals surface area contributed by atoms with Gasteiger partial charge in [0.15, 0.2) is 0 Å². The van der Waals surface area contributed by atoms with Gasteiger partial charge >= 0.3 is 0 Å². The van der Waals surface area contributed by atoms with Gasteiger partial charge in [-0.05, 0) is 17.1 Å². The van der Waals surface area contributed by atoms with Crippen molar-refractivity contribution in [1.82, 2.24) is 4.98 Å². The van der Waals surface area contributed by atoms with Gasteiger partial charge in [-0.3, -0.25) is 4.98 Å². The Bertz CT molecular complexity index is 627. The summed E-state index contributed by atoms with van der Waals surface area (Å²) in [6.45, 7) is 12.0. The summed E-state index contributed by atoms with van der Waals surface area (Å²) in [7, 11) is 0. The summed E-state index contributed by atoms with van der Waals surface area (Å²) in [5.74, 6) is 0. The summed E-state index contributed by atoms with van der Waals surface area (Å²) >= 11 is 0. The number of hydrogen-bond donors (Lipinski definition) is 0. The third-order valence-electron chi connectivity index (χ3n) is 2.58. The Labute approximate surface area is 194 Å². The van der Waals surface area contributed by atoms with Crippen molar-refractivity contribution in [2.24, 2.45) is 0 Å². The zero-order valence-corrected chi connectivity index (χ0v) is 21.9. The fourth-order valence-corrected chi connectivity index (χ4v) is 1.77. The van der Waals surface area contributed by atoms with Crippen molar-refractivity contribution >= 4 is 10.9 Å². The monoisotopic (exact) mass is 591 g/mol. The van der Waals surface area contributed by atoms with Crippen LogP contribution in [0.25, 0.3) is 22.2 Å². The molecular weight excluding hydrogens is 559 g/mol. The van der Waals surface area contributed by atoms with E-state index in [1.807, 2.05) is 90.1 Å². The first-order valence-electron chi connectivity index (χ1n) is 8.26. The molecule has 1 nitrogen and oxygen atoms in total. The summed E-state index contributed by atoms with van der Waals surface area (Å²) in [5.41, 5.74) is 3.03. The van der Waals surface area contributed by atoms with Gasteiger partial charge in [0.1, 0.15) is 0 Å². The molecule has 0 amide bonds. The maximum Gasteiger partial charge on any atom is 0.0595 e. The van der Waals surface area contributed by atoms with Gasteiger partial charge in [-0.1, -0.05) is 71.9 Å². The minimum absolute atomic E-state index is 0. The molecule has 0 N–H and O–H groups in total. The summed E-state index contributed by atoms with van der Waals surface area (Å²) < 4.78 is 0. The maximum absolute atomic E-state index is 4.61. The molecule has 0 bridgehead atoms. The molecule has 3 heteroatoms. The van der Waals surface area contributed by atoms with E-state index in [9.17, 15) is 0 Å². The molecular formula is C22H31IrNY-2. The Hall–Kier alpha value is -0.397. The van der Waals surface area contributed by atoms with E-state index in [1.165, 1.54) is 5.39 Å². The van der Waals surface area contributed by atoms with E-state index in [-0.39, 0.29) is 60.2 Å². The van der Waals surface area contributed by atoms with Crippen molar-refractivity contribution in [3.63, 3.8) is 0 Å². The van der Waals surface area contributed by atoms with Crippen LogP contribution < -0.4 is 0 Å². The average Bonchev–Trinajstić information content (AvgIpc) is 2.67. The number of pyridine rings is 1. The topological polar surface area (TPSA) is 12.9 Å². The molecule has 1 aromatic heterocycles. The van der Waals surface area contributed by atoms with Crippen LogP contribution >= 0.6 is 0 Å². The van der Waals surface area contributed by atoms with E-state index in [0.717, 1.165) is 16.8 Å².